The lowest BCUT2D eigenvalue weighted by Crippen LogP contribution is -2.62. The first-order valence-electron chi connectivity index (χ1n) is 13.6. The fraction of sp³-hybridized carbons (Fsp3) is 0.387. The molecule has 0 bridgehead atoms. The molecule has 2 heterocycles. The van der Waals surface area contributed by atoms with Crippen LogP contribution in [0.3, 0.4) is 0 Å². The van der Waals surface area contributed by atoms with E-state index in [0.717, 1.165) is 22.4 Å². The molecule has 8 heteroatoms. The molecule has 206 valence electrons. The number of carbonyl (C=O) groups is 1. The van der Waals surface area contributed by atoms with Gasteiger partial charge in [-0.2, -0.15) is 4.31 Å². The first-order chi connectivity index (χ1) is 18.7. The number of ether oxygens (including phenoxy) is 1. The Morgan fingerprint density at radius 2 is 1.54 bits per heavy atom. The average Bonchev–Trinajstić information content (AvgIpc) is 2.93. The zero-order valence-corrected chi connectivity index (χ0v) is 23.5. The molecule has 0 aromatic heterocycles. The summed E-state index contributed by atoms with van der Waals surface area (Å²) in [7, 11) is -3.72. The van der Waals surface area contributed by atoms with Gasteiger partial charge in [-0.25, -0.2) is 8.42 Å². The first kappa shape index (κ1) is 27.5. The van der Waals surface area contributed by atoms with Crippen molar-refractivity contribution in [2.24, 2.45) is 0 Å². The van der Waals surface area contributed by atoms with E-state index in [1.807, 2.05) is 80.6 Å². The van der Waals surface area contributed by atoms with Crippen LogP contribution >= 0.6 is 0 Å². The Hall–Kier alpha value is -3.04. The Labute approximate surface area is 231 Å². The predicted octanol–water partition coefficient (Wildman–Crippen LogP) is 4.41. The van der Waals surface area contributed by atoms with Crippen LogP contribution in [0.5, 0.6) is 0 Å². The Kier molecular flexibility index (Phi) is 8.19. The van der Waals surface area contributed by atoms with Gasteiger partial charge in [-0.05, 0) is 62.9 Å². The standard InChI is InChI=1S/C31H37N3O4S/c1-24-8-12-27(13-9-24)32-30(35)21-33-18-16-31(17-19-33)23-34(39(36,37)29-14-10-25(2)11-15-29)28(22-38-31)20-26-6-4-3-5-7-26/h3-15,28H,16-23H2,1-2H3,(H,32,35)/t28-/m1/s1. The Morgan fingerprint density at radius 1 is 0.923 bits per heavy atom. The summed E-state index contributed by atoms with van der Waals surface area (Å²) in [6.45, 7) is 6.25. The maximum absolute atomic E-state index is 13.9. The van der Waals surface area contributed by atoms with E-state index in [-0.39, 0.29) is 11.9 Å². The highest BCUT2D eigenvalue weighted by Gasteiger charge is 2.47. The van der Waals surface area contributed by atoms with Gasteiger partial charge in [0.2, 0.25) is 15.9 Å². The Morgan fingerprint density at radius 3 is 2.18 bits per heavy atom. The molecule has 2 saturated heterocycles. The van der Waals surface area contributed by atoms with Crippen LogP contribution in [0.25, 0.3) is 0 Å². The number of carbonyl (C=O) groups excluding carboxylic acids is 1. The maximum Gasteiger partial charge on any atom is 0.243 e. The molecule has 3 aromatic carbocycles. The fourth-order valence-electron chi connectivity index (χ4n) is 5.45. The van der Waals surface area contributed by atoms with E-state index in [0.29, 0.717) is 56.9 Å². The number of aryl methyl sites for hydroxylation is 2. The van der Waals surface area contributed by atoms with E-state index >= 15 is 0 Å². The molecule has 1 atom stereocenters. The van der Waals surface area contributed by atoms with Gasteiger partial charge in [-0.15, -0.1) is 0 Å². The van der Waals surface area contributed by atoms with E-state index in [1.165, 1.54) is 0 Å². The molecule has 7 nitrogen and oxygen atoms in total. The number of amides is 1. The number of hydrogen-bond acceptors (Lipinski definition) is 5. The van der Waals surface area contributed by atoms with Crippen molar-refractivity contribution >= 4 is 21.6 Å². The normalized spacial score (nSPS) is 20.1. The monoisotopic (exact) mass is 547 g/mol. The fourth-order valence-corrected chi connectivity index (χ4v) is 7.13. The van der Waals surface area contributed by atoms with Gasteiger partial charge in [-0.3, -0.25) is 9.69 Å². The third kappa shape index (κ3) is 6.58. The average molecular weight is 548 g/mol. The summed E-state index contributed by atoms with van der Waals surface area (Å²) < 4.78 is 36.0. The number of nitrogens with one attached hydrogen (secondary N) is 1. The summed E-state index contributed by atoms with van der Waals surface area (Å²) in [5.41, 5.74) is 3.48. The third-order valence-electron chi connectivity index (χ3n) is 7.84. The van der Waals surface area contributed by atoms with Crippen molar-refractivity contribution in [3.8, 4) is 0 Å². The van der Waals surface area contributed by atoms with E-state index < -0.39 is 15.6 Å². The molecule has 0 radical (unpaired) electrons. The van der Waals surface area contributed by atoms with Crippen molar-refractivity contribution in [2.75, 3.05) is 38.1 Å². The SMILES string of the molecule is Cc1ccc(NC(=O)CN2CCC3(CC2)CN(S(=O)(=O)c2ccc(C)cc2)[C@H](Cc2ccccc2)CO3)cc1. The highest BCUT2D eigenvalue weighted by Crippen LogP contribution is 2.35. The van der Waals surface area contributed by atoms with Crippen LogP contribution in [-0.2, 0) is 26.0 Å². The van der Waals surface area contributed by atoms with Crippen LogP contribution in [0.2, 0.25) is 0 Å². The Balaban J connectivity index is 1.28. The molecule has 0 unspecified atom stereocenters. The van der Waals surface area contributed by atoms with Crippen LogP contribution in [0.1, 0.15) is 29.5 Å². The van der Waals surface area contributed by atoms with E-state index in [4.69, 9.17) is 4.74 Å². The summed E-state index contributed by atoms with van der Waals surface area (Å²) >= 11 is 0. The molecular weight excluding hydrogens is 510 g/mol. The molecule has 2 fully saturated rings. The van der Waals surface area contributed by atoms with Gasteiger partial charge in [0, 0.05) is 25.3 Å². The number of rotatable bonds is 7. The lowest BCUT2D eigenvalue weighted by atomic mass is 9.88. The highest BCUT2D eigenvalue weighted by molar-refractivity contribution is 7.89. The number of nitrogens with zero attached hydrogens (tertiary/aromatic N) is 2. The second-order valence-corrected chi connectivity index (χ2v) is 12.8. The van der Waals surface area contributed by atoms with Crippen molar-refractivity contribution in [1.29, 1.82) is 0 Å². The molecule has 3 aromatic rings. The smallest absolute Gasteiger partial charge is 0.243 e. The minimum Gasteiger partial charge on any atom is -0.372 e. The van der Waals surface area contributed by atoms with Gasteiger partial charge in [0.15, 0.2) is 0 Å². The van der Waals surface area contributed by atoms with Crippen LogP contribution in [0, 0.1) is 13.8 Å². The van der Waals surface area contributed by atoms with Gasteiger partial charge >= 0.3 is 0 Å². The van der Waals surface area contributed by atoms with E-state index in [9.17, 15) is 13.2 Å². The summed E-state index contributed by atoms with van der Waals surface area (Å²) in [6, 6.07) is 24.5. The number of sulfonamides is 1. The number of piperidine rings is 1. The number of hydrogen-bond donors (Lipinski definition) is 1. The molecule has 1 amide bonds. The number of anilines is 1. The predicted molar refractivity (Wildman–Crippen MR) is 153 cm³/mol. The van der Waals surface area contributed by atoms with Crippen molar-refractivity contribution in [3.63, 3.8) is 0 Å². The topological polar surface area (TPSA) is 79.0 Å². The summed E-state index contributed by atoms with van der Waals surface area (Å²) in [5.74, 6) is -0.0501. The van der Waals surface area contributed by atoms with Crippen LogP contribution in [-0.4, -0.2) is 68.0 Å². The van der Waals surface area contributed by atoms with Crippen molar-refractivity contribution in [1.82, 2.24) is 9.21 Å². The maximum atomic E-state index is 13.9. The molecule has 2 aliphatic heterocycles. The molecule has 39 heavy (non-hydrogen) atoms. The zero-order valence-electron chi connectivity index (χ0n) is 22.7. The van der Waals surface area contributed by atoms with Crippen molar-refractivity contribution < 1.29 is 17.9 Å². The second-order valence-electron chi connectivity index (χ2n) is 10.9. The third-order valence-corrected chi connectivity index (χ3v) is 9.76. The number of morpholine rings is 1. The second kappa shape index (κ2) is 11.6. The molecule has 0 aliphatic carbocycles. The van der Waals surface area contributed by atoms with Crippen LogP contribution in [0.15, 0.2) is 83.8 Å². The first-order valence-corrected chi connectivity index (χ1v) is 15.0. The van der Waals surface area contributed by atoms with Gasteiger partial charge in [-0.1, -0.05) is 65.7 Å². The molecular formula is C31H37N3O4S. The molecule has 2 aliphatic rings. The van der Waals surface area contributed by atoms with Gasteiger partial charge in [0.1, 0.15) is 0 Å². The quantitative estimate of drug-likeness (QED) is 0.474. The van der Waals surface area contributed by atoms with Gasteiger partial charge in [0.25, 0.3) is 0 Å². The van der Waals surface area contributed by atoms with E-state index in [2.05, 4.69) is 10.2 Å². The zero-order chi connectivity index (χ0) is 27.5. The number of likely N-dealkylation sites (tertiary alicyclic amines) is 1. The molecule has 1 spiro atoms. The lowest BCUT2D eigenvalue weighted by Gasteiger charge is -2.49. The van der Waals surface area contributed by atoms with Crippen LogP contribution < -0.4 is 5.32 Å². The Bertz CT molecular complexity index is 1370. The number of benzene rings is 3. The summed E-state index contributed by atoms with van der Waals surface area (Å²) in [6.07, 6.45) is 1.93. The molecule has 0 saturated carbocycles. The summed E-state index contributed by atoms with van der Waals surface area (Å²) in [4.78, 5) is 15.1. The molecule has 1 N–H and O–H groups in total. The van der Waals surface area contributed by atoms with Crippen LogP contribution in [0.4, 0.5) is 5.69 Å². The molecule has 5 rings (SSSR count). The largest absolute Gasteiger partial charge is 0.372 e. The summed E-state index contributed by atoms with van der Waals surface area (Å²) in [5, 5.41) is 2.97. The minimum absolute atomic E-state index is 0.0501. The minimum atomic E-state index is -3.72. The van der Waals surface area contributed by atoms with Crippen molar-refractivity contribution in [2.45, 2.75) is 49.6 Å². The highest BCUT2D eigenvalue weighted by atomic mass is 32.2. The van der Waals surface area contributed by atoms with E-state index in [1.54, 1.807) is 16.4 Å². The van der Waals surface area contributed by atoms with Gasteiger partial charge in [0.05, 0.1) is 29.7 Å². The van der Waals surface area contributed by atoms with Crippen molar-refractivity contribution in [3.05, 3.63) is 95.6 Å². The van der Waals surface area contributed by atoms with Gasteiger partial charge < -0.3 is 10.1 Å². The lowest BCUT2D eigenvalue weighted by molar-refractivity contribution is -0.139.